The molecule has 1 heterocycles. The number of nitrogens with one attached hydrogen (secondary N) is 2. The van der Waals surface area contributed by atoms with Crippen LogP contribution in [0, 0.1) is 5.82 Å². The molecule has 0 saturated carbocycles. The lowest BCUT2D eigenvalue weighted by molar-refractivity contribution is -0.118. The van der Waals surface area contributed by atoms with Gasteiger partial charge in [-0.1, -0.05) is 0 Å². The molecule has 0 aromatic heterocycles. The number of anilines is 1. The van der Waals surface area contributed by atoms with E-state index in [2.05, 4.69) is 10.6 Å². The van der Waals surface area contributed by atoms with Gasteiger partial charge in [0.2, 0.25) is 5.91 Å². The molecule has 0 radical (unpaired) electrons. The van der Waals surface area contributed by atoms with E-state index in [1.54, 1.807) is 17.0 Å². The quantitative estimate of drug-likeness (QED) is 0.876. The van der Waals surface area contributed by atoms with Gasteiger partial charge in [0.25, 0.3) is 0 Å². The number of nitrogens with zero attached hydrogens (tertiary/aromatic N) is 1. The molecule has 21 heavy (non-hydrogen) atoms. The molecule has 1 aliphatic heterocycles. The van der Waals surface area contributed by atoms with E-state index in [-0.39, 0.29) is 23.3 Å². The van der Waals surface area contributed by atoms with E-state index in [0.717, 1.165) is 0 Å². The number of benzene rings is 1. The summed E-state index contributed by atoms with van der Waals surface area (Å²) >= 11 is 0. The van der Waals surface area contributed by atoms with Gasteiger partial charge in [-0.3, -0.25) is 4.79 Å². The van der Waals surface area contributed by atoms with E-state index in [4.69, 9.17) is 0 Å². The molecule has 0 bridgehead atoms. The number of hydrogen-bond donors (Lipinski definition) is 2. The highest BCUT2D eigenvalue weighted by Gasteiger charge is 2.34. The minimum absolute atomic E-state index is 0.175. The van der Waals surface area contributed by atoms with Crippen molar-refractivity contribution in [3.8, 4) is 0 Å². The maximum atomic E-state index is 12.9. The average Bonchev–Trinajstić information content (AvgIpc) is 2.70. The molecule has 1 aromatic rings. The molecule has 1 saturated heterocycles. The van der Waals surface area contributed by atoms with Gasteiger partial charge in [0.15, 0.2) is 0 Å². The molecule has 0 spiro atoms. The fraction of sp³-hybridized carbons (Fsp3) is 0.467. The van der Waals surface area contributed by atoms with Crippen molar-refractivity contribution >= 4 is 17.6 Å². The lowest BCUT2D eigenvalue weighted by Gasteiger charge is -2.22. The van der Waals surface area contributed by atoms with Crippen molar-refractivity contribution in [1.29, 1.82) is 0 Å². The third-order valence-corrected chi connectivity index (χ3v) is 3.14. The van der Waals surface area contributed by atoms with Gasteiger partial charge in [-0.25, -0.2) is 9.18 Å². The summed E-state index contributed by atoms with van der Waals surface area (Å²) in [5.41, 5.74) is 0.282. The van der Waals surface area contributed by atoms with Crippen LogP contribution in [0.25, 0.3) is 0 Å². The zero-order valence-electron chi connectivity index (χ0n) is 12.4. The van der Waals surface area contributed by atoms with E-state index < -0.39 is 6.04 Å². The molecule has 3 amide bonds. The first-order chi connectivity index (χ1) is 9.76. The summed E-state index contributed by atoms with van der Waals surface area (Å²) in [4.78, 5) is 25.6. The van der Waals surface area contributed by atoms with Crippen molar-refractivity contribution in [3.05, 3.63) is 30.1 Å². The van der Waals surface area contributed by atoms with Crippen LogP contribution in [-0.2, 0) is 4.79 Å². The van der Waals surface area contributed by atoms with E-state index in [0.29, 0.717) is 18.7 Å². The first-order valence-corrected chi connectivity index (χ1v) is 6.92. The second kappa shape index (κ2) is 5.71. The molecule has 0 aliphatic carbocycles. The van der Waals surface area contributed by atoms with Gasteiger partial charge in [0.05, 0.1) is 0 Å². The lowest BCUT2D eigenvalue weighted by atomic mass is 10.1. The summed E-state index contributed by atoms with van der Waals surface area (Å²) in [6.07, 6.45) is 0.535. The number of hydrogen-bond acceptors (Lipinski definition) is 2. The fourth-order valence-electron chi connectivity index (χ4n) is 2.23. The summed E-state index contributed by atoms with van der Waals surface area (Å²) < 4.78 is 12.9. The Morgan fingerprint density at radius 1 is 1.29 bits per heavy atom. The topological polar surface area (TPSA) is 61.4 Å². The maximum absolute atomic E-state index is 12.9. The van der Waals surface area contributed by atoms with Gasteiger partial charge in [0.1, 0.15) is 11.9 Å². The number of rotatable bonds is 2. The molecule has 0 unspecified atom stereocenters. The minimum Gasteiger partial charge on any atom is -0.334 e. The Labute approximate surface area is 123 Å². The van der Waals surface area contributed by atoms with Crippen LogP contribution < -0.4 is 15.5 Å². The van der Waals surface area contributed by atoms with E-state index in [1.807, 2.05) is 20.8 Å². The van der Waals surface area contributed by atoms with Crippen molar-refractivity contribution in [3.63, 3.8) is 0 Å². The highest BCUT2D eigenvalue weighted by atomic mass is 19.1. The van der Waals surface area contributed by atoms with E-state index >= 15 is 0 Å². The Kier molecular flexibility index (Phi) is 4.16. The Morgan fingerprint density at radius 2 is 1.90 bits per heavy atom. The highest BCUT2D eigenvalue weighted by molar-refractivity contribution is 6.01. The number of carbonyl (C=O) groups is 2. The number of amides is 3. The van der Waals surface area contributed by atoms with Gasteiger partial charge in [0, 0.05) is 17.8 Å². The molecule has 1 aliphatic rings. The minimum atomic E-state index is -0.544. The van der Waals surface area contributed by atoms with Gasteiger partial charge >= 0.3 is 6.03 Å². The van der Waals surface area contributed by atoms with Crippen LogP contribution in [0.1, 0.15) is 27.2 Å². The summed E-state index contributed by atoms with van der Waals surface area (Å²) in [6, 6.07) is 4.85. The van der Waals surface area contributed by atoms with Crippen molar-refractivity contribution < 1.29 is 14.0 Å². The summed E-state index contributed by atoms with van der Waals surface area (Å²) in [6.45, 7) is 6.11. The maximum Gasteiger partial charge on any atom is 0.315 e. The molecule has 114 valence electrons. The van der Waals surface area contributed by atoms with Crippen molar-refractivity contribution in [2.24, 2.45) is 0 Å². The molecule has 2 rings (SSSR count). The molecule has 6 heteroatoms. The second-order valence-electron chi connectivity index (χ2n) is 6.16. The largest absolute Gasteiger partial charge is 0.334 e. The molecule has 5 nitrogen and oxygen atoms in total. The second-order valence-corrected chi connectivity index (χ2v) is 6.16. The number of carbonyl (C=O) groups excluding carboxylic acids is 2. The monoisotopic (exact) mass is 293 g/mol. The first-order valence-electron chi connectivity index (χ1n) is 6.92. The highest BCUT2D eigenvalue weighted by Crippen LogP contribution is 2.21. The van der Waals surface area contributed by atoms with Crippen LogP contribution in [-0.4, -0.2) is 30.1 Å². The van der Waals surface area contributed by atoms with Crippen molar-refractivity contribution in [1.82, 2.24) is 10.6 Å². The third-order valence-electron chi connectivity index (χ3n) is 3.14. The standard InChI is InChI=1S/C15H20FN3O2/c1-15(2,3)18-14(21)17-12-8-9-19(13(12)20)11-6-4-10(16)5-7-11/h4-7,12H,8-9H2,1-3H3,(H2,17,18,21)/t12-/m1/s1. The molecule has 1 aromatic carbocycles. The van der Waals surface area contributed by atoms with Gasteiger partial charge in [-0.05, 0) is 51.5 Å². The van der Waals surface area contributed by atoms with Crippen LogP contribution in [0.2, 0.25) is 0 Å². The normalized spacial score (nSPS) is 18.8. The number of urea groups is 1. The molecular weight excluding hydrogens is 273 g/mol. The van der Waals surface area contributed by atoms with Gasteiger partial charge in [-0.2, -0.15) is 0 Å². The average molecular weight is 293 g/mol. The zero-order valence-corrected chi connectivity index (χ0v) is 12.4. The number of halogens is 1. The predicted octanol–water partition coefficient (Wildman–Crippen LogP) is 2.03. The lowest BCUT2D eigenvalue weighted by Crippen LogP contribution is -2.51. The first kappa shape index (κ1) is 15.3. The molecule has 2 N–H and O–H groups in total. The molecular formula is C15H20FN3O2. The van der Waals surface area contributed by atoms with E-state index in [9.17, 15) is 14.0 Å². The Bertz CT molecular complexity index is 537. The van der Waals surface area contributed by atoms with E-state index in [1.165, 1.54) is 12.1 Å². The summed E-state index contributed by atoms with van der Waals surface area (Å²) in [7, 11) is 0. The van der Waals surface area contributed by atoms with Crippen LogP contribution in [0.3, 0.4) is 0 Å². The molecule has 1 fully saturated rings. The fourth-order valence-corrected chi connectivity index (χ4v) is 2.23. The van der Waals surface area contributed by atoms with Crippen LogP contribution in [0.15, 0.2) is 24.3 Å². The van der Waals surface area contributed by atoms with Crippen molar-refractivity contribution in [2.45, 2.75) is 38.8 Å². The van der Waals surface area contributed by atoms with Gasteiger partial charge in [-0.15, -0.1) is 0 Å². The van der Waals surface area contributed by atoms with Crippen LogP contribution in [0.5, 0.6) is 0 Å². The Balaban J connectivity index is 1.98. The van der Waals surface area contributed by atoms with Gasteiger partial charge < -0.3 is 15.5 Å². The zero-order chi connectivity index (χ0) is 15.6. The SMILES string of the molecule is CC(C)(C)NC(=O)N[C@@H]1CCN(c2ccc(F)cc2)C1=O. The Hall–Kier alpha value is -2.11. The Morgan fingerprint density at radius 3 is 2.48 bits per heavy atom. The summed E-state index contributed by atoms with van der Waals surface area (Å²) in [5, 5.41) is 5.44. The molecule has 1 atom stereocenters. The predicted molar refractivity (Wildman–Crippen MR) is 78.6 cm³/mol. The third kappa shape index (κ3) is 3.93. The van der Waals surface area contributed by atoms with Crippen molar-refractivity contribution in [2.75, 3.05) is 11.4 Å². The summed E-state index contributed by atoms with van der Waals surface area (Å²) in [5.74, 6) is -0.518. The smallest absolute Gasteiger partial charge is 0.315 e. The van der Waals surface area contributed by atoms with Crippen LogP contribution in [0.4, 0.5) is 14.9 Å². The van der Waals surface area contributed by atoms with Crippen LogP contribution >= 0.6 is 0 Å².